The number of aliphatic carboxylic acids is 1. The molecule has 0 aliphatic carbocycles. The summed E-state index contributed by atoms with van der Waals surface area (Å²) in [4.78, 5) is 10.4. The second-order valence-corrected chi connectivity index (χ2v) is 2.97. The third-order valence-electron chi connectivity index (χ3n) is 1.81. The smallest absolute Gasteiger partial charge is 0.320 e. The molecule has 84 valence electrons. The fourth-order valence-electron chi connectivity index (χ4n) is 1.04. The summed E-state index contributed by atoms with van der Waals surface area (Å²) in [5.41, 5.74) is 5.86. The number of nitrogens with two attached hydrogens (primary N) is 1. The van der Waals surface area contributed by atoms with E-state index >= 15 is 0 Å². The van der Waals surface area contributed by atoms with E-state index in [1.807, 2.05) is 0 Å². The Hall–Kier alpha value is -1.32. The number of aromatic hydroxyl groups is 2. The van der Waals surface area contributed by atoms with Crippen molar-refractivity contribution >= 4 is 15.9 Å². The van der Waals surface area contributed by atoms with Gasteiger partial charge in [-0.2, -0.15) is 9.90 Å². The molecule has 2 unspecified atom stereocenters. The third kappa shape index (κ3) is 3.73. The molecule has 0 saturated heterocycles. The lowest BCUT2D eigenvalue weighted by atomic mass is 10.1. The van der Waals surface area contributed by atoms with Crippen molar-refractivity contribution in [2.75, 3.05) is 0 Å². The Morgan fingerprint density at radius 3 is 2.40 bits per heavy atom. The Morgan fingerprint density at radius 1 is 1.33 bits per heavy atom. The fourth-order valence-corrected chi connectivity index (χ4v) is 1.04. The van der Waals surface area contributed by atoms with E-state index in [1.165, 1.54) is 18.2 Å². The Bertz CT molecular complexity index is 356. The van der Waals surface area contributed by atoms with Crippen LogP contribution < -0.4 is 5.73 Å². The molecule has 0 spiro atoms. The number of rotatable bonds is 3. The van der Waals surface area contributed by atoms with Crippen molar-refractivity contribution in [1.29, 1.82) is 0 Å². The lowest BCUT2D eigenvalue weighted by Crippen LogP contribution is -2.32. The van der Waals surface area contributed by atoms with Gasteiger partial charge < -0.3 is 21.1 Å². The van der Waals surface area contributed by atoms with Gasteiger partial charge in [0, 0.05) is 0 Å². The predicted molar refractivity (Wildman–Crippen MR) is 60.2 cm³/mol. The van der Waals surface area contributed by atoms with E-state index in [1.54, 1.807) is 0 Å². The lowest BCUT2D eigenvalue weighted by Gasteiger charge is -2.06. The molecule has 0 aliphatic rings. The second-order valence-electron chi connectivity index (χ2n) is 2.97. The monoisotopic (exact) mass is 231 g/mol. The van der Waals surface area contributed by atoms with E-state index < -0.39 is 12.0 Å². The first-order valence-corrected chi connectivity index (χ1v) is 4.00. The van der Waals surface area contributed by atoms with E-state index in [2.05, 4.69) is 0 Å². The minimum absolute atomic E-state index is 0. The maximum absolute atomic E-state index is 10.4. The zero-order chi connectivity index (χ0) is 10.7. The zero-order valence-corrected chi connectivity index (χ0v) is 9.47. The van der Waals surface area contributed by atoms with Gasteiger partial charge in [0.05, 0.1) is 0 Å². The highest BCUT2D eigenvalue weighted by Gasteiger charge is 2.12. The average Bonchev–Trinajstić information content (AvgIpc) is 2.11. The van der Waals surface area contributed by atoms with Crippen LogP contribution in [0.3, 0.4) is 0 Å². The van der Waals surface area contributed by atoms with Crippen LogP contribution >= 0.6 is 9.90 Å². The van der Waals surface area contributed by atoms with Crippen LogP contribution in [0.2, 0.25) is 0 Å². The first-order valence-electron chi connectivity index (χ1n) is 4.00. The van der Waals surface area contributed by atoms with E-state index in [9.17, 15) is 4.79 Å². The number of benzene rings is 1. The van der Waals surface area contributed by atoms with Crippen LogP contribution in [0.1, 0.15) is 5.56 Å². The van der Waals surface area contributed by atoms with E-state index in [-0.39, 0.29) is 27.8 Å². The summed E-state index contributed by atoms with van der Waals surface area (Å²) in [6.45, 7) is 0. The molecule has 0 fully saturated rings. The molecule has 0 heterocycles. The highest BCUT2D eigenvalue weighted by atomic mass is 31.0. The molecule has 2 atom stereocenters. The number of hydrogen-bond acceptors (Lipinski definition) is 4. The summed E-state index contributed by atoms with van der Waals surface area (Å²) in [6, 6.07) is 3.09. The molecule has 15 heavy (non-hydrogen) atoms. The van der Waals surface area contributed by atoms with Crippen molar-refractivity contribution < 1.29 is 20.1 Å². The number of carboxylic acids is 1. The van der Waals surface area contributed by atoms with Crippen molar-refractivity contribution in [3.63, 3.8) is 0 Å². The predicted octanol–water partition coefficient (Wildman–Crippen LogP) is 0.110. The molecule has 0 amide bonds. The molecule has 1 aromatic carbocycles. The molecule has 0 aromatic heterocycles. The molecule has 0 bridgehead atoms. The van der Waals surface area contributed by atoms with Crippen LogP contribution in [0, 0.1) is 0 Å². The molecule has 5 nitrogen and oxygen atoms in total. The maximum atomic E-state index is 10.4. The first kappa shape index (κ1) is 13.7. The van der Waals surface area contributed by atoms with Crippen molar-refractivity contribution in [2.24, 2.45) is 5.73 Å². The van der Waals surface area contributed by atoms with Crippen molar-refractivity contribution in [1.82, 2.24) is 0 Å². The Balaban J connectivity index is 0.00000196. The van der Waals surface area contributed by atoms with E-state index in [0.717, 1.165) is 0 Å². The fraction of sp³-hybridized carbons (Fsp3) is 0.222. The van der Waals surface area contributed by atoms with Crippen LogP contribution in [-0.4, -0.2) is 27.3 Å². The van der Waals surface area contributed by atoms with Crippen LogP contribution in [0.4, 0.5) is 0 Å². The van der Waals surface area contributed by atoms with Crippen molar-refractivity contribution in [3.8, 4) is 11.5 Å². The molecule has 0 aliphatic heterocycles. The minimum Gasteiger partial charge on any atom is -0.504 e. The number of phenolic OH excluding ortho intramolecular Hbond substituents is 2. The van der Waals surface area contributed by atoms with Gasteiger partial charge in [-0.15, -0.1) is 0 Å². The second kappa shape index (κ2) is 5.53. The first-order chi connectivity index (χ1) is 6.50. The third-order valence-corrected chi connectivity index (χ3v) is 1.81. The Morgan fingerprint density at radius 2 is 1.93 bits per heavy atom. The highest BCUT2D eigenvalue weighted by Crippen LogP contribution is 2.25. The molecule has 1 aromatic rings. The highest BCUT2D eigenvalue weighted by molar-refractivity contribution is 6.92. The van der Waals surface area contributed by atoms with E-state index in [0.29, 0.717) is 5.56 Å². The maximum Gasteiger partial charge on any atom is 0.320 e. The van der Waals surface area contributed by atoms with Crippen LogP contribution in [0.25, 0.3) is 0 Å². The zero-order valence-electron chi connectivity index (χ0n) is 8.05. The number of carbonyl (C=O) groups is 1. The number of carboxylic acid groups (broad SMARTS) is 1. The quantitative estimate of drug-likeness (QED) is 0.436. The summed E-state index contributed by atoms with van der Waals surface area (Å²) < 4.78 is 0. The van der Waals surface area contributed by atoms with Crippen LogP contribution in [0.5, 0.6) is 11.5 Å². The molecular formula is C9H14NO4P. The molecule has 1 rings (SSSR count). The summed E-state index contributed by atoms with van der Waals surface area (Å²) >= 11 is 0. The molecule has 0 radical (unpaired) electrons. The molecule has 5 N–H and O–H groups in total. The minimum atomic E-state index is -1.10. The van der Waals surface area contributed by atoms with Gasteiger partial charge in [-0.25, -0.2) is 0 Å². The summed E-state index contributed by atoms with van der Waals surface area (Å²) in [6.07, 6.45) is 0.114. The molecular weight excluding hydrogens is 217 g/mol. The van der Waals surface area contributed by atoms with Crippen molar-refractivity contribution in [2.45, 2.75) is 12.5 Å². The van der Waals surface area contributed by atoms with Gasteiger partial charge in [0.25, 0.3) is 0 Å². The number of hydrogen-bond donors (Lipinski definition) is 4. The van der Waals surface area contributed by atoms with Gasteiger partial charge in [-0.3, -0.25) is 4.79 Å². The molecule has 6 heteroatoms. The average molecular weight is 231 g/mol. The van der Waals surface area contributed by atoms with Crippen LogP contribution in [-0.2, 0) is 11.2 Å². The summed E-state index contributed by atoms with van der Waals surface area (Å²) in [7, 11) is 0. The van der Waals surface area contributed by atoms with Gasteiger partial charge in [0.2, 0.25) is 0 Å². The van der Waals surface area contributed by atoms with Crippen molar-refractivity contribution in [3.05, 3.63) is 23.8 Å². The van der Waals surface area contributed by atoms with Gasteiger partial charge in [0.1, 0.15) is 6.04 Å². The SMILES string of the molecule is NC(Cc1ccc(O)c(O)c1)C(=O)O.P. The van der Waals surface area contributed by atoms with Gasteiger partial charge in [0.15, 0.2) is 11.5 Å². The normalized spacial score (nSPS) is 11.5. The summed E-state index contributed by atoms with van der Waals surface area (Å²) in [5.74, 6) is -1.62. The van der Waals surface area contributed by atoms with Gasteiger partial charge >= 0.3 is 5.97 Å². The van der Waals surface area contributed by atoms with Gasteiger partial charge in [-0.05, 0) is 24.1 Å². The number of phenols is 2. The molecule has 0 saturated carbocycles. The Kier molecular flexibility index (Phi) is 5.05. The topological polar surface area (TPSA) is 104 Å². The Labute approximate surface area is 90.2 Å². The largest absolute Gasteiger partial charge is 0.504 e. The van der Waals surface area contributed by atoms with Crippen LogP contribution in [0.15, 0.2) is 18.2 Å². The lowest BCUT2D eigenvalue weighted by molar-refractivity contribution is -0.138. The standard InChI is InChI=1S/C9H11NO4.H3P/c10-6(9(13)14)3-5-1-2-7(11)8(12)4-5;/h1-2,4,6,11-12H,3,10H2,(H,13,14);1H3. The van der Waals surface area contributed by atoms with Gasteiger partial charge in [-0.1, -0.05) is 6.07 Å². The van der Waals surface area contributed by atoms with E-state index in [4.69, 9.17) is 21.1 Å². The summed E-state index contributed by atoms with van der Waals surface area (Å²) in [5, 5.41) is 26.6.